The van der Waals surface area contributed by atoms with E-state index in [2.05, 4.69) is 20.9 Å². The van der Waals surface area contributed by atoms with E-state index < -0.39 is 0 Å². The van der Waals surface area contributed by atoms with Gasteiger partial charge in [-0.15, -0.1) is 24.0 Å². The molecule has 8 heteroatoms. The fraction of sp³-hybridized carbons (Fsp3) is 0.529. The highest BCUT2D eigenvalue weighted by molar-refractivity contribution is 14.0. The topological polar surface area (TPSA) is 74.8 Å². The fourth-order valence-corrected chi connectivity index (χ4v) is 2.57. The smallest absolute Gasteiger partial charge is 0.224 e. The molecule has 1 aliphatic rings. The number of carbonyl (C=O) groups is 1. The summed E-state index contributed by atoms with van der Waals surface area (Å²) in [7, 11) is 1.73. The molecule has 0 saturated carbocycles. The van der Waals surface area contributed by atoms with Crippen molar-refractivity contribution in [3.63, 3.8) is 0 Å². The van der Waals surface area contributed by atoms with Gasteiger partial charge in [-0.1, -0.05) is 11.6 Å². The van der Waals surface area contributed by atoms with Crippen LogP contribution in [0.15, 0.2) is 29.3 Å². The lowest BCUT2D eigenvalue weighted by atomic mass is 10.2. The van der Waals surface area contributed by atoms with Crippen LogP contribution in [-0.4, -0.2) is 44.7 Å². The van der Waals surface area contributed by atoms with Crippen LogP contribution in [0, 0.1) is 0 Å². The Kier molecular flexibility index (Phi) is 10.8. The van der Waals surface area contributed by atoms with E-state index in [-0.39, 0.29) is 36.0 Å². The second-order valence-corrected chi connectivity index (χ2v) is 6.11. The van der Waals surface area contributed by atoms with Crippen molar-refractivity contribution in [1.82, 2.24) is 10.6 Å². The Labute approximate surface area is 171 Å². The number of rotatable bonds is 7. The summed E-state index contributed by atoms with van der Waals surface area (Å²) in [5, 5.41) is 9.95. The number of aliphatic imine (C=N–C) groups is 1. The van der Waals surface area contributed by atoms with Crippen LogP contribution >= 0.6 is 35.6 Å². The number of halogens is 2. The Morgan fingerprint density at radius 2 is 2.08 bits per heavy atom. The van der Waals surface area contributed by atoms with E-state index in [1.54, 1.807) is 31.3 Å². The van der Waals surface area contributed by atoms with E-state index in [1.807, 2.05) is 0 Å². The van der Waals surface area contributed by atoms with E-state index in [0.717, 1.165) is 44.1 Å². The molecule has 2 rings (SSSR count). The summed E-state index contributed by atoms with van der Waals surface area (Å²) in [6.45, 7) is 2.29. The first-order valence-electron chi connectivity index (χ1n) is 8.29. The lowest BCUT2D eigenvalue weighted by Crippen LogP contribution is -2.41. The molecule has 1 aromatic rings. The fourth-order valence-electron chi connectivity index (χ4n) is 2.45. The average Bonchev–Trinajstić information content (AvgIpc) is 3.10. The summed E-state index contributed by atoms with van der Waals surface area (Å²) in [5.41, 5.74) is 0.756. The molecule has 0 radical (unpaired) electrons. The second-order valence-electron chi connectivity index (χ2n) is 5.67. The van der Waals surface area contributed by atoms with Gasteiger partial charge in [0.05, 0.1) is 6.10 Å². The highest BCUT2D eigenvalue weighted by Gasteiger charge is 2.15. The van der Waals surface area contributed by atoms with Gasteiger partial charge in [0.25, 0.3) is 0 Å². The van der Waals surface area contributed by atoms with Gasteiger partial charge in [0.2, 0.25) is 5.91 Å². The van der Waals surface area contributed by atoms with Crippen LogP contribution in [-0.2, 0) is 9.53 Å². The normalized spacial score (nSPS) is 16.9. The Hall–Kier alpha value is -1.06. The Morgan fingerprint density at radius 1 is 1.32 bits per heavy atom. The number of anilines is 1. The Bertz CT molecular complexity index is 548. The molecule has 1 unspecified atom stereocenters. The van der Waals surface area contributed by atoms with Crippen molar-refractivity contribution >= 4 is 53.1 Å². The van der Waals surface area contributed by atoms with Crippen molar-refractivity contribution in [2.24, 2.45) is 4.99 Å². The number of nitrogens with one attached hydrogen (secondary N) is 3. The summed E-state index contributed by atoms with van der Waals surface area (Å²) in [4.78, 5) is 16.0. The number of ether oxygens (including phenoxy) is 1. The second kappa shape index (κ2) is 12.3. The van der Waals surface area contributed by atoms with E-state index >= 15 is 0 Å². The maximum atomic E-state index is 11.9. The van der Waals surface area contributed by atoms with E-state index in [0.29, 0.717) is 18.0 Å². The number of guanidine groups is 1. The quantitative estimate of drug-likeness (QED) is 0.243. The van der Waals surface area contributed by atoms with Crippen LogP contribution in [0.4, 0.5) is 5.69 Å². The molecule has 1 aliphatic heterocycles. The molecule has 0 spiro atoms. The maximum Gasteiger partial charge on any atom is 0.224 e. The zero-order chi connectivity index (χ0) is 17.2. The molecule has 1 amide bonds. The van der Waals surface area contributed by atoms with Gasteiger partial charge in [-0.25, -0.2) is 0 Å². The first kappa shape index (κ1) is 22.0. The standard InChI is InChI=1S/C17H25ClN4O2.HI/c1-19-17(21-12-15-4-3-11-24-15)20-10-2-5-16(23)22-14-8-6-13(18)7-9-14;/h6-9,15H,2-5,10-12H2,1H3,(H,22,23)(H2,19,20,21);1H. The largest absolute Gasteiger partial charge is 0.376 e. The molecule has 1 aromatic carbocycles. The first-order chi connectivity index (χ1) is 11.7. The summed E-state index contributed by atoms with van der Waals surface area (Å²) < 4.78 is 5.56. The number of carbonyl (C=O) groups excluding carboxylic acids is 1. The summed E-state index contributed by atoms with van der Waals surface area (Å²) in [6.07, 6.45) is 3.66. The van der Waals surface area contributed by atoms with Gasteiger partial charge < -0.3 is 20.7 Å². The van der Waals surface area contributed by atoms with Gasteiger partial charge in [-0.05, 0) is 43.5 Å². The van der Waals surface area contributed by atoms with Crippen LogP contribution in [0.5, 0.6) is 0 Å². The molecule has 1 heterocycles. The Balaban J connectivity index is 0.00000312. The SMILES string of the molecule is CN=C(NCCCC(=O)Nc1ccc(Cl)cc1)NCC1CCCO1.I. The minimum Gasteiger partial charge on any atom is -0.376 e. The molecule has 0 aliphatic carbocycles. The molecule has 0 aromatic heterocycles. The lowest BCUT2D eigenvalue weighted by Gasteiger charge is -2.15. The zero-order valence-electron chi connectivity index (χ0n) is 14.4. The first-order valence-corrected chi connectivity index (χ1v) is 8.66. The molecular formula is C17H26ClIN4O2. The number of hydrogen-bond donors (Lipinski definition) is 3. The monoisotopic (exact) mass is 480 g/mol. The molecule has 6 nitrogen and oxygen atoms in total. The van der Waals surface area contributed by atoms with Gasteiger partial charge in [-0.3, -0.25) is 9.79 Å². The van der Waals surface area contributed by atoms with Crippen molar-refractivity contribution in [3.05, 3.63) is 29.3 Å². The number of benzene rings is 1. The minimum atomic E-state index is -0.0126. The van der Waals surface area contributed by atoms with Crippen LogP contribution < -0.4 is 16.0 Å². The third-order valence-electron chi connectivity index (χ3n) is 3.75. The summed E-state index contributed by atoms with van der Waals surface area (Å²) >= 11 is 5.82. The molecule has 3 N–H and O–H groups in total. The number of nitrogens with zero attached hydrogens (tertiary/aromatic N) is 1. The van der Waals surface area contributed by atoms with Gasteiger partial charge >= 0.3 is 0 Å². The maximum absolute atomic E-state index is 11.9. The predicted molar refractivity (Wildman–Crippen MR) is 113 cm³/mol. The molecule has 1 saturated heterocycles. The third kappa shape index (κ3) is 8.73. The molecule has 1 atom stereocenters. The average molecular weight is 481 g/mol. The number of amides is 1. The van der Waals surface area contributed by atoms with E-state index in [4.69, 9.17) is 16.3 Å². The molecule has 0 bridgehead atoms. The molecular weight excluding hydrogens is 455 g/mol. The molecule has 140 valence electrons. The molecule has 25 heavy (non-hydrogen) atoms. The zero-order valence-corrected chi connectivity index (χ0v) is 17.5. The molecule has 1 fully saturated rings. The summed E-state index contributed by atoms with van der Waals surface area (Å²) in [5.74, 6) is 0.727. The van der Waals surface area contributed by atoms with Crippen molar-refractivity contribution < 1.29 is 9.53 Å². The van der Waals surface area contributed by atoms with Gasteiger partial charge in [0, 0.05) is 43.9 Å². The van der Waals surface area contributed by atoms with Crippen molar-refractivity contribution in [1.29, 1.82) is 0 Å². The van der Waals surface area contributed by atoms with Gasteiger partial charge in [0.15, 0.2) is 5.96 Å². The van der Waals surface area contributed by atoms with Gasteiger partial charge in [-0.2, -0.15) is 0 Å². The van der Waals surface area contributed by atoms with Crippen molar-refractivity contribution in [3.8, 4) is 0 Å². The third-order valence-corrected chi connectivity index (χ3v) is 4.00. The van der Waals surface area contributed by atoms with Crippen LogP contribution in [0.2, 0.25) is 5.02 Å². The van der Waals surface area contributed by atoms with E-state index in [1.165, 1.54) is 0 Å². The number of hydrogen-bond acceptors (Lipinski definition) is 3. The van der Waals surface area contributed by atoms with Crippen LogP contribution in [0.1, 0.15) is 25.7 Å². The van der Waals surface area contributed by atoms with Crippen molar-refractivity contribution in [2.75, 3.05) is 32.1 Å². The minimum absolute atomic E-state index is 0. The van der Waals surface area contributed by atoms with Crippen molar-refractivity contribution in [2.45, 2.75) is 31.8 Å². The lowest BCUT2D eigenvalue weighted by molar-refractivity contribution is -0.116. The Morgan fingerprint density at radius 3 is 2.72 bits per heavy atom. The summed E-state index contributed by atoms with van der Waals surface area (Å²) in [6, 6.07) is 7.08. The van der Waals surface area contributed by atoms with Crippen LogP contribution in [0.3, 0.4) is 0 Å². The van der Waals surface area contributed by atoms with Gasteiger partial charge in [0.1, 0.15) is 0 Å². The highest BCUT2D eigenvalue weighted by Crippen LogP contribution is 2.13. The van der Waals surface area contributed by atoms with E-state index in [9.17, 15) is 4.79 Å². The van der Waals surface area contributed by atoms with Crippen LogP contribution in [0.25, 0.3) is 0 Å². The predicted octanol–water partition coefficient (Wildman–Crippen LogP) is 3.02. The highest BCUT2D eigenvalue weighted by atomic mass is 127.